The summed E-state index contributed by atoms with van der Waals surface area (Å²) in [5, 5.41) is 0. The van der Waals surface area contributed by atoms with Crippen LogP contribution < -0.4 is 10.5 Å². The van der Waals surface area contributed by atoms with Crippen molar-refractivity contribution in [3.8, 4) is 5.75 Å². The maximum atomic E-state index is 11.9. The van der Waals surface area contributed by atoms with E-state index in [9.17, 15) is 4.79 Å². The Morgan fingerprint density at radius 3 is 2.21 bits per heavy atom. The van der Waals surface area contributed by atoms with Crippen LogP contribution in [0.2, 0.25) is 0 Å². The summed E-state index contributed by atoms with van der Waals surface area (Å²) in [5.41, 5.74) is 6.79. The Kier molecular flexibility index (Phi) is 18.2. The molecule has 0 saturated heterocycles. The van der Waals surface area contributed by atoms with E-state index in [0.29, 0.717) is 30.2 Å². The highest BCUT2D eigenvalue weighted by molar-refractivity contribution is 5.91. The van der Waals surface area contributed by atoms with E-state index in [1.807, 2.05) is 6.92 Å². The van der Waals surface area contributed by atoms with Gasteiger partial charge in [0.2, 0.25) is 0 Å². The number of carbonyl (C=O) groups is 1. The van der Waals surface area contributed by atoms with Gasteiger partial charge >= 0.3 is 5.97 Å². The molecule has 5 nitrogen and oxygen atoms in total. The predicted molar refractivity (Wildman–Crippen MR) is 106 cm³/mol. The molecule has 0 aliphatic heterocycles. The molecular formula is C16H29Cl3N2O3. The average molecular weight is 404 g/mol. The first-order valence-electron chi connectivity index (χ1n) is 7.54. The van der Waals surface area contributed by atoms with Crippen LogP contribution in [0, 0.1) is 0 Å². The van der Waals surface area contributed by atoms with Crippen molar-refractivity contribution in [3.05, 3.63) is 23.8 Å². The minimum atomic E-state index is -0.351. The van der Waals surface area contributed by atoms with Crippen molar-refractivity contribution >= 4 is 48.9 Å². The summed E-state index contributed by atoms with van der Waals surface area (Å²) in [4.78, 5) is 14.1. The van der Waals surface area contributed by atoms with E-state index in [1.54, 1.807) is 18.2 Å². The third-order valence-corrected chi connectivity index (χ3v) is 3.24. The number of benzene rings is 1. The summed E-state index contributed by atoms with van der Waals surface area (Å²) < 4.78 is 10.7. The third kappa shape index (κ3) is 9.42. The number of hydrogen-bond acceptors (Lipinski definition) is 5. The van der Waals surface area contributed by atoms with Gasteiger partial charge in [0.25, 0.3) is 0 Å². The quantitative estimate of drug-likeness (QED) is 0.501. The number of nitrogen functional groups attached to an aromatic ring is 1. The molecule has 0 saturated carbocycles. The van der Waals surface area contributed by atoms with Gasteiger partial charge < -0.3 is 20.1 Å². The Balaban J connectivity index is -0.00000147. The summed E-state index contributed by atoms with van der Waals surface area (Å²) in [6.07, 6.45) is 0.911. The number of hydrogen-bond donors (Lipinski definition) is 1. The molecule has 0 bridgehead atoms. The average Bonchev–Trinajstić information content (AvgIpc) is 2.50. The minimum Gasteiger partial charge on any atom is -0.491 e. The molecule has 0 amide bonds. The van der Waals surface area contributed by atoms with Gasteiger partial charge in [-0.25, -0.2) is 4.79 Å². The maximum absolute atomic E-state index is 11.9. The number of rotatable bonds is 9. The molecule has 0 radical (unpaired) electrons. The van der Waals surface area contributed by atoms with Gasteiger partial charge in [-0.2, -0.15) is 0 Å². The predicted octanol–water partition coefficient (Wildman–Crippen LogP) is 3.82. The molecule has 8 heteroatoms. The third-order valence-electron chi connectivity index (χ3n) is 3.24. The lowest BCUT2D eigenvalue weighted by Crippen LogP contribution is -2.27. The Morgan fingerprint density at radius 1 is 1.08 bits per heavy atom. The zero-order valence-corrected chi connectivity index (χ0v) is 16.9. The first kappa shape index (κ1) is 27.9. The number of nitrogens with two attached hydrogens (primary N) is 1. The van der Waals surface area contributed by atoms with Crippen molar-refractivity contribution in [1.29, 1.82) is 0 Å². The zero-order valence-electron chi connectivity index (χ0n) is 14.4. The van der Waals surface area contributed by atoms with E-state index in [1.165, 1.54) is 0 Å². The van der Waals surface area contributed by atoms with Gasteiger partial charge in [0, 0.05) is 6.54 Å². The second-order valence-electron chi connectivity index (χ2n) is 4.76. The first-order chi connectivity index (χ1) is 10.1. The first-order valence-corrected chi connectivity index (χ1v) is 7.54. The van der Waals surface area contributed by atoms with Crippen LogP contribution in [0.25, 0.3) is 0 Å². The van der Waals surface area contributed by atoms with Crippen molar-refractivity contribution in [2.24, 2.45) is 0 Å². The fourth-order valence-electron chi connectivity index (χ4n) is 1.91. The second kappa shape index (κ2) is 15.6. The van der Waals surface area contributed by atoms with Crippen LogP contribution in [-0.2, 0) is 4.74 Å². The molecule has 1 aromatic carbocycles. The summed E-state index contributed by atoms with van der Waals surface area (Å²) in [6, 6.07) is 5.00. The van der Waals surface area contributed by atoms with Crippen molar-refractivity contribution < 1.29 is 14.3 Å². The van der Waals surface area contributed by atoms with E-state index in [4.69, 9.17) is 15.2 Å². The van der Waals surface area contributed by atoms with Crippen LogP contribution in [0.3, 0.4) is 0 Å². The molecule has 0 fully saturated rings. The van der Waals surface area contributed by atoms with E-state index in [0.717, 1.165) is 26.1 Å². The molecule has 0 atom stereocenters. The Morgan fingerprint density at radius 2 is 1.71 bits per heavy atom. The Hall–Kier alpha value is -0.880. The molecule has 0 aromatic heterocycles. The van der Waals surface area contributed by atoms with E-state index in [2.05, 4.69) is 18.7 Å². The van der Waals surface area contributed by atoms with Crippen LogP contribution in [0.4, 0.5) is 5.69 Å². The topological polar surface area (TPSA) is 64.8 Å². The smallest absolute Gasteiger partial charge is 0.338 e. The fraction of sp³-hybridized carbons (Fsp3) is 0.562. The fourth-order valence-corrected chi connectivity index (χ4v) is 1.91. The molecule has 0 aliphatic carbocycles. The number of anilines is 1. The molecular weight excluding hydrogens is 375 g/mol. The van der Waals surface area contributed by atoms with Gasteiger partial charge in [-0.3, -0.25) is 0 Å². The standard InChI is InChI=1S/C16H26N2O3.3ClH/c1-4-10-20-15-8-7-13(12-14(15)17)16(19)21-11-9-18(5-2)6-3;;;/h7-8,12H,4-6,9-11,17H2,1-3H3;3*1H. The Labute approximate surface area is 163 Å². The molecule has 0 heterocycles. The normalized spacial score (nSPS) is 9.33. The monoisotopic (exact) mass is 402 g/mol. The van der Waals surface area contributed by atoms with Gasteiger partial charge in [0.15, 0.2) is 0 Å². The largest absolute Gasteiger partial charge is 0.491 e. The summed E-state index contributed by atoms with van der Waals surface area (Å²) in [7, 11) is 0. The number of halogens is 3. The molecule has 1 rings (SSSR count). The summed E-state index contributed by atoms with van der Waals surface area (Å²) >= 11 is 0. The highest BCUT2D eigenvalue weighted by Crippen LogP contribution is 2.23. The van der Waals surface area contributed by atoms with Crippen molar-refractivity contribution in [2.75, 3.05) is 38.6 Å². The minimum absolute atomic E-state index is 0. The number of esters is 1. The molecule has 0 unspecified atom stereocenters. The molecule has 0 spiro atoms. The molecule has 2 N–H and O–H groups in total. The van der Waals surface area contributed by atoms with Gasteiger partial charge in [-0.05, 0) is 37.7 Å². The van der Waals surface area contributed by atoms with E-state index in [-0.39, 0.29) is 43.2 Å². The lowest BCUT2D eigenvalue weighted by atomic mass is 10.2. The highest BCUT2D eigenvalue weighted by atomic mass is 35.5. The number of nitrogens with zero attached hydrogens (tertiary/aromatic N) is 1. The van der Waals surface area contributed by atoms with Crippen molar-refractivity contribution in [3.63, 3.8) is 0 Å². The number of likely N-dealkylation sites (N-methyl/N-ethyl adjacent to an activating group) is 1. The van der Waals surface area contributed by atoms with Gasteiger partial charge in [0.1, 0.15) is 12.4 Å². The van der Waals surface area contributed by atoms with Gasteiger partial charge in [0.05, 0.1) is 17.9 Å². The van der Waals surface area contributed by atoms with Crippen LogP contribution >= 0.6 is 37.2 Å². The van der Waals surface area contributed by atoms with Crippen LogP contribution in [0.5, 0.6) is 5.75 Å². The maximum Gasteiger partial charge on any atom is 0.338 e. The van der Waals surface area contributed by atoms with Gasteiger partial charge in [-0.1, -0.05) is 20.8 Å². The molecule has 1 aromatic rings. The lowest BCUT2D eigenvalue weighted by Gasteiger charge is -2.17. The SMILES string of the molecule is CCCOc1ccc(C(=O)OCCN(CC)CC)cc1N.Cl.Cl.Cl. The van der Waals surface area contributed by atoms with Crippen molar-refractivity contribution in [2.45, 2.75) is 27.2 Å². The lowest BCUT2D eigenvalue weighted by molar-refractivity contribution is 0.0466. The number of carbonyl (C=O) groups excluding carboxylic acids is 1. The second-order valence-corrected chi connectivity index (χ2v) is 4.76. The highest BCUT2D eigenvalue weighted by Gasteiger charge is 2.10. The zero-order chi connectivity index (χ0) is 15.7. The van der Waals surface area contributed by atoms with Crippen LogP contribution in [0.1, 0.15) is 37.6 Å². The summed E-state index contributed by atoms with van der Waals surface area (Å²) in [6.45, 7) is 9.83. The molecule has 142 valence electrons. The number of ether oxygens (including phenoxy) is 2. The van der Waals surface area contributed by atoms with Crippen molar-refractivity contribution in [1.82, 2.24) is 4.90 Å². The van der Waals surface area contributed by atoms with E-state index >= 15 is 0 Å². The van der Waals surface area contributed by atoms with Crippen LogP contribution in [-0.4, -0.2) is 43.7 Å². The molecule has 0 aliphatic rings. The van der Waals surface area contributed by atoms with E-state index < -0.39 is 0 Å². The van der Waals surface area contributed by atoms with Gasteiger partial charge in [-0.15, -0.1) is 37.2 Å². The van der Waals surface area contributed by atoms with Crippen LogP contribution in [0.15, 0.2) is 18.2 Å². The molecule has 24 heavy (non-hydrogen) atoms. The Bertz CT molecular complexity index is 458. The summed E-state index contributed by atoms with van der Waals surface area (Å²) in [5.74, 6) is 0.257.